The molecule has 0 aliphatic heterocycles. The Balaban J connectivity index is 1.41. The van der Waals surface area contributed by atoms with Crippen LogP contribution in [-0.2, 0) is 0 Å². The molecule has 1 unspecified atom stereocenters. The molecule has 130 valence electrons. The summed E-state index contributed by atoms with van der Waals surface area (Å²) in [5.74, 6) is 0.741. The summed E-state index contributed by atoms with van der Waals surface area (Å²) in [5, 5.41) is 14.1. The number of rotatable bonds is 8. The molecule has 3 aromatic rings. The van der Waals surface area contributed by atoms with Gasteiger partial charge in [0, 0.05) is 36.2 Å². The molecular weight excluding hydrogens is 338 g/mol. The average molecular weight is 358 g/mol. The number of hydrogen-bond donors (Lipinski definition) is 2. The van der Waals surface area contributed by atoms with Crippen molar-refractivity contribution in [2.45, 2.75) is 6.10 Å². The van der Waals surface area contributed by atoms with Gasteiger partial charge in [0.1, 0.15) is 12.4 Å². The van der Waals surface area contributed by atoms with Crippen LogP contribution in [0.15, 0.2) is 67.3 Å². The van der Waals surface area contributed by atoms with Crippen molar-refractivity contribution in [1.29, 1.82) is 0 Å². The molecule has 0 bridgehead atoms. The lowest BCUT2D eigenvalue weighted by atomic mass is 10.1. The van der Waals surface area contributed by atoms with Gasteiger partial charge in [0.15, 0.2) is 0 Å². The molecule has 1 heterocycles. The molecule has 3 rings (SSSR count). The summed E-state index contributed by atoms with van der Waals surface area (Å²) in [4.78, 5) is 4.03. The second-order valence-electron chi connectivity index (χ2n) is 5.59. The minimum Gasteiger partial charge on any atom is -0.492 e. The summed E-state index contributed by atoms with van der Waals surface area (Å²) >= 11 is 5.90. The van der Waals surface area contributed by atoms with Crippen molar-refractivity contribution in [3.63, 3.8) is 0 Å². The Morgan fingerprint density at radius 3 is 2.76 bits per heavy atom. The Morgan fingerprint density at radius 2 is 2.04 bits per heavy atom. The highest BCUT2D eigenvalue weighted by Gasteiger charge is 2.07. The number of nitrogens with zero attached hydrogens (tertiary/aromatic N) is 2. The van der Waals surface area contributed by atoms with E-state index in [0.717, 1.165) is 17.0 Å². The highest BCUT2D eigenvalue weighted by molar-refractivity contribution is 6.30. The van der Waals surface area contributed by atoms with Crippen molar-refractivity contribution < 1.29 is 9.84 Å². The number of hydrogen-bond acceptors (Lipinski definition) is 4. The van der Waals surface area contributed by atoms with Crippen LogP contribution in [0.1, 0.15) is 11.7 Å². The van der Waals surface area contributed by atoms with Gasteiger partial charge in [-0.2, -0.15) is 0 Å². The Labute approximate surface area is 151 Å². The first-order valence-electron chi connectivity index (χ1n) is 8.08. The molecule has 2 aromatic carbocycles. The highest BCUT2D eigenvalue weighted by Crippen LogP contribution is 2.17. The lowest BCUT2D eigenvalue weighted by Crippen LogP contribution is -2.26. The van der Waals surface area contributed by atoms with Gasteiger partial charge in [0.25, 0.3) is 0 Å². The topological polar surface area (TPSA) is 59.3 Å². The van der Waals surface area contributed by atoms with Gasteiger partial charge >= 0.3 is 0 Å². The predicted molar refractivity (Wildman–Crippen MR) is 98.3 cm³/mol. The molecule has 0 amide bonds. The number of nitrogens with one attached hydrogen (secondary N) is 1. The van der Waals surface area contributed by atoms with Crippen LogP contribution < -0.4 is 10.1 Å². The summed E-state index contributed by atoms with van der Waals surface area (Å²) in [6.07, 6.45) is 4.79. The average Bonchev–Trinajstić information content (AvgIpc) is 3.16. The van der Waals surface area contributed by atoms with E-state index in [1.165, 1.54) is 0 Å². The standard InChI is InChI=1S/C19H20ClN3O2/c20-16-2-1-3-18(12-16)25-11-9-21-13-19(24)15-4-6-17(7-5-15)23-10-8-22-14-23/h1-8,10,12,14,19,21,24H,9,11,13H2. The maximum absolute atomic E-state index is 10.3. The van der Waals surface area contributed by atoms with Crippen molar-refractivity contribution in [3.05, 3.63) is 77.8 Å². The molecule has 25 heavy (non-hydrogen) atoms. The second kappa shape index (κ2) is 8.67. The Morgan fingerprint density at radius 1 is 1.20 bits per heavy atom. The number of ether oxygens (including phenoxy) is 1. The number of benzene rings is 2. The van der Waals surface area contributed by atoms with Crippen LogP contribution in [0.3, 0.4) is 0 Å². The lowest BCUT2D eigenvalue weighted by molar-refractivity contribution is 0.172. The third-order valence-electron chi connectivity index (χ3n) is 3.76. The van der Waals surface area contributed by atoms with Gasteiger partial charge in [0.2, 0.25) is 0 Å². The van der Waals surface area contributed by atoms with Gasteiger partial charge in [-0.25, -0.2) is 4.98 Å². The fourth-order valence-electron chi connectivity index (χ4n) is 2.43. The molecular formula is C19H20ClN3O2. The molecule has 0 radical (unpaired) electrons. The number of aliphatic hydroxyl groups is 1. The predicted octanol–water partition coefficient (Wildman–Crippen LogP) is 3.23. The van der Waals surface area contributed by atoms with Gasteiger partial charge in [0.05, 0.1) is 12.4 Å². The third-order valence-corrected chi connectivity index (χ3v) is 4.00. The zero-order valence-corrected chi connectivity index (χ0v) is 14.4. The fourth-order valence-corrected chi connectivity index (χ4v) is 2.62. The van der Waals surface area contributed by atoms with Crippen LogP contribution in [0.5, 0.6) is 5.75 Å². The molecule has 1 aromatic heterocycles. The van der Waals surface area contributed by atoms with E-state index in [1.807, 2.05) is 47.2 Å². The molecule has 0 fully saturated rings. The van der Waals surface area contributed by atoms with Crippen molar-refractivity contribution in [2.24, 2.45) is 0 Å². The number of aliphatic hydroxyl groups excluding tert-OH is 1. The molecule has 6 heteroatoms. The van der Waals surface area contributed by atoms with Gasteiger partial charge in [-0.05, 0) is 35.9 Å². The van der Waals surface area contributed by atoms with Gasteiger partial charge in [-0.15, -0.1) is 0 Å². The second-order valence-corrected chi connectivity index (χ2v) is 6.02. The summed E-state index contributed by atoms with van der Waals surface area (Å²) < 4.78 is 7.51. The Hall–Kier alpha value is -2.34. The van der Waals surface area contributed by atoms with E-state index in [2.05, 4.69) is 10.3 Å². The van der Waals surface area contributed by atoms with Crippen LogP contribution in [0.4, 0.5) is 0 Å². The normalized spacial score (nSPS) is 12.1. The largest absolute Gasteiger partial charge is 0.492 e. The molecule has 1 atom stereocenters. The number of imidazole rings is 1. The van der Waals surface area contributed by atoms with Gasteiger partial charge < -0.3 is 19.7 Å². The minimum absolute atomic E-state index is 0.462. The van der Waals surface area contributed by atoms with E-state index < -0.39 is 6.10 Å². The van der Waals surface area contributed by atoms with E-state index >= 15 is 0 Å². The quantitative estimate of drug-likeness (QED) is 0.608. The summed E-state index contributed by atoms with van der Waals surface area (Å²) in [6.45, 7) is 1.60. The summed E-state index contributed by atoms with van der Waals surface area (Å²) in [5.41, 5.74) is 1.88. The Kier molecular flexibility index (Phi) is 6.06. The smallest absolute Gasteiger partial charge is 0.120 e. The third kappa shape index (κ3) is 5.06. The summed E-state index contributed by atoms with van der Waals surface area (Å²) in [6, 6.07) is 15.1. The minimum atomic E-state index is -0.567. The van der Waals surface area contributed by atoms with Gasteiger partial charge in [-0.3, -0.25) is 0 Å². The van der Waals surface area contributed by atoms with E-state index in [1.54, 1.807) is 24.7 Å². The lowest BCUT2D eigenvalue weighted by Gasteiger charge is -2.13. The molecule has 0 saturated heterocycles. The molecule has 0 aliphatic rings. The van der Waals surface area contributed by atoms with E-state index in [9.17, 15) is 5.11 Å². The van der Waals surface area contributed by atoms with E-state index in [0.29, 0.717) is 24.7 Å². The van der Waals surface area contributed by atoms with Crippen LogP contribution in [0.2, 0.25) is 5.02 Å². The van der Waals surface area contributed by atoms with E-state index in [4.69, 9.17) is 16.3 Å². The number of halogens is 1. The monoisotopic (exact) mass is 357 g/mol. The van der Waals surface area contributed by atoms with Crippen molar-refractivity contribution in [1.82, 2.24) is 14.9 Å². The molecule has 0 spiro atoms. The van der Waals surface area contributed by atoms with Crippen LogP contribution in [-0.4, -0.2) is 34.4 Å². The van der Waals surface area contributed by atoms with Gasteiger partial charge in [-0.1, -0.05) is 29.8 Å². The molecule has 0 saturated carbocycles. The molecule has 2 N–H and O–H groups in total. The van der Waals surface area contributed by atoms with E-state index in [-0.39, 0.29) is 0 Å². The fraction of sp³-hybridized carbons (Fsp3) is 0.211. The maximum atomic E-state index is 10.3. The van der Waals surface area contributed by atoms with Crippen LogP contribution in [0, 0.1) is 0 Å². The first-order chi connectivity index (χ1) is 12.2. The van der Waals surface area contributed by atoms with Crippen molar-refractivity contribution >= 4 is 11.6 Å². The Bertz CT molecular complexity index is 776. The zero-order valence-electron chi connectivity index (χ0n) is 13.7. The van der Waals surface area contributed by atoms with Crippen LogP contribution in [0.25, 0.3) is 5.69 Å². The first kappa shape index (κ1) is 17.5. The SMILES string of the molecule is OC(CNCCOc1cccc(Cl)c1)c1ccc(-n2ccnc2)cc1. The highest BCUT2D eigenvalue weighted by atomic mass is 35.5. The zero-order chi connectivity index (χ0) is 17.5. The summed E-state index contributed by atoms with van der Waals surface area (Å²) in [7, 11) is 0. The maximum Gasteiger partial charge on any atom is 0.120 e. The number of aromatic nitrogens is 2. The van der Waals surface area contributed by atoms with Crippen molar-refractivity contribution in [2.75, 3.05) is 19.7 Å². The van der Waals surface area contributed by atoms with Crippen molar-refractivity contribution in [3.8, 4) is 11.4 Å². The van der Waals surface area contributed by atoms with Crippen LogP contribution >= 0.6 is 11.6 Å². The molecule has 5 nitrogen and oxygen atoms in total. The molecule has 0 aliphatic carbocycles. The first-order valence-corrected chi connectivity index (χ1v) is 8.45.